The molecule has 1 rings (SSSR count). The molecule has 0 saturated carbocycles. The first-order valence-corrected chi connectivity index (χ1v) is 6.49. The monoisotopic (exact) mass is 226 g/mol. The van der Waals surface area contributed by atoms with Crippen LogP contribution in [0.25, 0.3) is 0 Å². The fourth-order valence-corrected chi connectivity index (χ4v) is 2.02. The molecule has 0 spiro atoms. The van der Waals surface area contributed by atoms with Crippen molar-refractivity contribution in [2.45, 2.75) is 32.7 Å². The first-order chi connectivity index (χ1) is 7.08. The molecule has 0 aliphatic rings. The van der Waals surface area contributed by atoms with E-state index < -0.39 is 0 Å². The molecule has 0 radical (unpaired) electrons. The molecule has 86 valence electrons. The highest BCUT2D eigenvalue weighted by Gasteiger charge is 2.06. The average molecular weight is 226 g/mol. The second-order valence-electron chi connectivity index (χ2n) is 4.81. The summed E-state index contributed by atoms with van der Waals surface area (Å²) in [5.41, 5.74) is 1.67. The summed E-state index contributed by atoms with van der Waals surface area (Å²) in [6, 6.07) is 2.19. The van der Waals surface area contributed by atoms with Crippen LogP contribution in [0, 0.1) is 0 Å². The van der Waals surface area contributed by atoms with Gasteiger partial charge in [0.2, 0.25) is 0 Å². The first kappa shape index (κ1) is 12.7. The van der Waals surface area contributed by atoms with Crippen molar-refractivity contribution in [2.24, 2.45) is 0 Å². The highest BCUT2D eigenvalue weighted by molar-refractivity contribution is 7.07. The molecular formula is C12H22N2S. The average Bonchev–Trinajstić information content (AvgIpc) is 2.61. The highest BCUT2D eigenvalue weighted by atomic mass is 32.1. The van der Waals surface area contributed by atoms with E-state index in [0.717, 1.165) is 26.1 Å². The lowest BCUT2D eigenvalue weighted by molar-refractivity contribution is 0.422. The highest BCUT2D eigenvalue weighted by Crippen LogP contribution is 2.05. The molecule has 0 aromatic carbocycles. The van der Waals surface area contributed by atoms with Gasteiger partial charge < -0.3 is 10.6 Å². The van der Waals surface area contributed by atoms with Gasteiger partial charge in [-0.15, -0.1) is 0 Å². The van der Waals surface area contributed by atoms with E-state index in [9.17, 15) is 0 Å². The van der Waals surface area contributed by atoms with E-state index in [-0.39, 0.29) is 5.54 Å². The van der Waals surface area contributed by atoms with Gasteiger partial charge >= 0.3 is 0 Å². The Morgan fingerprint density at radius 3 is 2.60 bits per heavy atom. The molecule has 0 bridgehead atoms. The zero-order valence-electron chi connectivity index (χ0n) is 9.97. The van der Waals surface area contributed by atoms with Crippen LogP contribution >= 0.6 is 11.3 Å². The van der Waals surface area contributed by atoms with Gasteiger partial charge in [0.1, 0.15) is 0 Å². The molecule has 0 saturated heterocycles. The summed E-state index contributed by atoms with van der Waals surface area (Å²) in [5, 5.41) is 11.2. The Labute approximate surface area is 97.1 Å². The van der Waals surface area contributed by atoms with Gasteiger partial charge in [-0.1, -0.05) is 0 Å². The number of rotatable bonds is 6. The van der Waals surface area contributed by atoms with Gasteiger partial charge in [-0.25, -0.2) is 0 Å². The van der Waals surface area contributed by atoms with Crippen molar-refractivity contribution in [2.75, 3.05) is 19.6 Å². The number of hydrogen-bond donors (Lipinski definition) is 2. The Bertz CT molecular complexity index is 249. The van der Waals surface area contributed by atoms with E-state index in [1.807, 2.05) is 0 Å². The minimum Gasteiger partial charge on any atom is -0.315 e. The quantitative estimate of drug-likeness (QED) is 0.727. The zero-order chi connectivity index (χ0) is 11.1. The van der Waals surface area contributed by atoms with Crippen LogP contribution in [0.2, 0.25) is 0 Å². The third-order valence-electron chi connectivity index (χ3n) is 2.13. The molecule has 2 nitrogen and oxygen atoms in total. The van der Waals surface area contributed by atoms with E-state index in [2.05, 4.69) is 48.2 Å². The van der Waals surface area contributed by atoms with Crippen molar-refractivity contribution >= 4 is 11.3 Å². The van der Waals surface area contributed by atoms with Crippen molar-refractivity contribution in [1.82, 2.24) is 10.6 Å². The van der Waals surface area contributed by atoms with Gasteiger partial charge in [0.05, 0.1) is 0 Å². The van der Waals surface area contributed by atoms with Gasteiger partial charge in [-0.05, 0) is 56.1 Å². The van der Waals surface area contributed by atoms with Crippen LogP contribution in [0.1, 0.15) is 26.3 Å². The Balaban J connectivity index is 1.94. The summed E-state index contributed by atoms with van der Waals surface area (Å²) in [7, 11) is 0. The fourth-order valence-electron chi connectivity index (χ4n) is 1.32. The molecule has 1 aromatic heterocycles. The molecule has 0 atom stereocenters. The van der Waals surface area contributed by atoms with Crippen molar-refractivity contribution < 1.29 is 0 Å². The molecule has 0 aliphatic carbocycles. The van der Waals surface area contributed by atoms with Crippen molar-refractivity contribution in [3.8, 4) is 0 Å². The molecule has 0 fully saturated rings. The standard InChI is InChI=1S/C12H22N2S/c1-12(2,3)14-8-7-13-6-4-11-5-9-15-10-11/h5,9-10,13-14H,4,6-8H2,1-3H3. The lowest BCUT2D eigenvalue weighted by Gasteiger charge is -2.20. The van der Waals surface area contributed by atoms with Crippen LogP contribution < -0.4 is 10.6 Å². The van der Waals surface area contributed by atoms with Crippen molar-refractivity contribution in [3.05, 3.63) is 22.4 Å². The summed E-state index contributed by atoms with van der Waals surface area (Å²) in [4.78, 5) is 0. The minimum atomic E-state index is 0.231. The molecule has 0 unspecified atom stereocenters. The molecule has 15 heavy (non-hydrogen) atoms. The van der Waals surface area contributed by atoms with E-state index in [4.69, 9.17) is 0 Å². The second kappa shape index (κ2) is 6.26. The first-order valence-electron chi connectivity index (χ1n) is 5.55. The lowest BCUT2D eigenvalue weighted by Crippen LogP contribution is -2.40. The normalized spacial score (nSPS) is 11.9. The molecule has 3 heteroatoms. The maximum atomic E-state index is 3.46. The van der Waals surface area contributed by atoms with Crippen LogP contribution in [0.5, 0.6) is 0 Å². The number of nitrogens with one attached hydrogen (secondary N) is 2. The Kier molecular flexibility index (Phi) is 5.29. The summed E-state index contributed by atoms with van der Waals surface area (Å²) < 4.78 is 0. The molecule has 1 heterocycles. The number of thiophene rings is 1. The van der Waals surface area contributed by atoms with E-state index in [1.165, 1.54) is 5.56 Å². The summed E-state index contributed by atoms with van der Waals surface area (Å²) >= 11 is 1.77. The summed E-state index contributed by atoms with van der Waals surface area (Å²) in [5.74, 6) is 0. The summed E-state index contributed by atoms with van der Waals surface area (Å²) in [6.07, 6.45) is 1.14. The maximum Gasteiger partial charge on any atom is 0.00970 e. The topological polar surface area (TPSA) is 24.1 Å². The Morgan fingerprint density at radius 2 is 2.00 bits per heavy atom. The predicted octanol–water partition coefficient (Wildman–Crippen LogP) is 2.27. The molecule has 1 aromatic rings. The van der Waals surface area contributed by atoms with Crippen LogP contribution in [-0.4, -0.2) is 25.2 Å². The summed E-state index contributed by atoms with van der Waals surface area (Å²) in [6.45, 7) is 9.73. The molecule has 0 amide bonds. The van der Waals surface area contributed by atoms with Crippen LogP contribution in [0.15, 0.2) is 16.8 Å². The van der Waals surface area contributed by atoms with E-state index in [1.54, 1.807) is 11.3 Å². The SMILES string of the molecule is CC(C)(C)NCCNCCc1ccsc1. The minimum absolute atomic E-state index is 0.231. The maximum absolute atomic E-state index is 3.46. The zero-order valence-corrected chi connectivity index (χ0v) is 10.8. The fraction of sp³-hybridized carbons (Fsp3) is 0.667. The molecular weight excluding hydrogens is 204 g/mol. The van der Waals surface area contributed by atoms with Gasteiger partial charge in [0.15, 0.2) is 0 Å². The van der Waals surface area contributed by atoms with Crippen molar-refractivity contribution in [1.29, 1.82) is 0 Å². The number of hydrogen-bond acceptors (Lipinski definition) is 3. The molecule has 2 N–H and O–H groups in total. The van der Waals surface area contributed by atoms with Crippen molar-refractivity contribution in [3.63, 3.8) is 0 Å². The second-order valence-corrected chi connectivity index (χ2v) is 5.59. The Hall–Kier alpha value is -0.380. The van der Waals surface area contributed by atoms with E-state index >= 15 is 0 Å². The predicted molar refractivity (Wildman–Crippen MR) is 68.6 cm³/mol. The lowest BCUT2D eigenvalue weighted by atomic mass is 10.1. The van der Waals surface area contributed by atoms with Gasteiger partial charge in [-0.3, -0.25) is 0 Å². The van der Waals surface area contributed by atoms with Crippen LogP contribution in [0.4, 0.5) is 0 Å². The van der Waals surface area contributed by atoms with Gasteiger partial charge in [-0.2, -0.15) is 11.3 Å². The van der Waals surface area contributed by atoms with Gasteiger partial charge in [0.25, 0.3) is 0 Å². The van der Waals surface area contributed by atoms with E-state index in [0.29, 0.717) is 0 Å². The van der Waals surface area contributed by atoms with Crippen LogP contribution in [0.3, 0.4) is 0 Å². The third kappa shape index (κ3) is 6.66. The third-order valence-corrected chi connectivity index (χ3v) is 2.86. The Morgan fingerprint density at radius 1 is 1.20 bits per heavy atom. The largest absolute Gasteiger partial charge is 0.315 e. The van der Waals surface area contributed by atoms with Crippen LogP contribution in [-0.2, 0) is 6.42 Å². The molecule has 0 aliphatic heterocycles. The smallest absolute Gasteiger partial charge is 0.00970 e. The van der Waals surface area contributed by atoms with Gasteiger partial charge in [0, 0.05) is 18.6 Å².